The minimum atomic E-state index is -4.82. The Morgan fingerprint density at radius 3 is 1.60 bits per heavy atom. The van der Waals surface area contributed by atoms with Gasteiger partial charge in [-0.1, -0.05) is 172 Å². The molecule has 0 saturated carbocycles. The minimum Gasteiger partial charge on any atom is -0.462 e. The fourth-order valence-electron chi connectivity index (χ4n) is 5.68. The lowest BCUT2D eigenvalue weighted by Crippen LogP contribution is -2.29. The second kappa shape index (κ2) is 38.0. The fraction of sp³-hybridized carbons (Fsp3) is 0.744. The third-order valence-electron chi connectivity index (χ3n) is 8.83. The van der Waals surface area contributed by atoms with E-state index in [0.29, 0.717) is 6.42 Å². The molecule has 53 heavy (non-hydrogen) atoms. The number of unbranched alkanes of at least 4 members (excludes halogenated alkanes) is 19. The summed E-state index contributed by atoms with van der Waals surface area (Å²) >= 11 is 0. The molecule has 0 rings (SSSR count). The number of phosphoric ester groups is 1. The summed E-state index contributed by atoms with van der Waals surface area (Å²) in [7, 11) is -4.82. The summed E-state index contributed by atoms with van der Waals surface area (Å²) in [5.74, 6) is -1.27. The number of ketones is 1. The Bertz CT molecular complexity index is 1060. The molecular weight excluding hydrogens is 691 g/mol. The number of carbonyl (C=O) groups is 3. The van der Waals surface area contributed by atoms with E-state index in [2.05, 4.69) is 42.7 Å². The number of ether oxygens (including phenoxy) is 2. The van der Waals surface area contributed by atoms with Gasteiger partial charge in [-0.2, -0.15) is 0 Å². The quantitative estimate of drug-likeness (QED) is 0.0157. The van der Waals surface area contributed by atoms with Gasteiger partial charge in [-0.25, -0.2) is 4.57 Å². The van der Waals surface area contributed by atoms with Crippen molar-refractivity contribution in [3.8, 4) is 0 Å². The van der Waals surface area contributed by atoms with Crippen molar-refractivity contribution < 1.29 is 42.7 Å². The van der Waals surface area contributed by atoms with E-state index in [1.807, 2.05) is 12.2 Å². The molecular formula is C43H75O9P. The third kappa shape index (κ3) is 40.7. The fourth-order valence-corrected chi connectivity index (χ4v) is 6.04. The van der Waals surface area contributed by atoms with Gasteiger partial charge in [0.05, 0.1) is 6.61 Å². The summed E-state index contributed by atoms with van der Waals surface area (Å²) < 4.78 is 26.2. The molecule has 0 amide bonds. The van der Waals surface area contributed by atoms with E-state index in [4.69, 9.17) is 19.3 Å². The van der Waals surface area contributed by atoms with Gasteiger partial charge in [-0.3, -0.25) is 18.9 Å². The zero-order valence-corrected chi connectivity index (χ0v) is 34.3. The molecule has 0 aliphatic carbocycles. The van der Waals surface area contributed by atoms with Gasteiger partial charge in [0.1, 0.15) is 6.61 Å². The van der Waals surface area contributed by atoms with Gasteiger partial charge in [0, 0.05) is 19.3 Å². The van der Waals surface area contributed by atoms with Crippen LogP contribution < -0.4 is 0 Å². The van der Waals surface area contributed by atoms with Gasteiger partial charge in [0.15, 0.2) is 11.9 Å². The van der Waals surface area contributed by atoms with E-state index in [9.17, 15) is 18.9 Å². The Morgan fingerprint density at radius 2 is 1.04 bits per heavy atom. The van der Waals surface area contributed by atoms with Gasteiger partial charge in [0.25, 0.3) is 0 Å². The maximum absolute atomic E-state index is 12.4. The predicted octanol–water partition coefficient (Wildman–Crippen LogP) is 11.9. The maximum Gasteiger partial charge on any atom is 0.469 e. The summed E-state index contributed by atoms with van der Waals surface area (Å²) in [6.45, 7) is 3.46. The molecule has 0 saturated heterocycles. The Hall–Kier alpha value is -2.32. The molecule has 306 valence electrons. The zero-order valence-electron chi connectivity index (χ0n) is 33.4. The van der Waals surface area contributed by atoms with Crippen molar-refractivity contribution in [3.05, 3.63) is 48.6 Å². The SMILES string of the molecule is CCCCC/C=C\C/C=C\C/C=C\C=C\C(=O)CCCC(=O)O[C@H](COC(=O)CCCCCCCCCCCCCCCCCCC)COP(=O)(O)O. The number of phosphoric acid groups is 1. The van der Waals surface area contributed by atoms with Crippen molar-refractivity contribution in [2.45, 2.75) is 193 Å². The highest BCUT2D eigenvalue weighted by Crippen LogP contribution is 2.36. The number of rotatable bonds is 38. The molecule has 0 aromatic carbocycles. The van der Waals surface area contributed by atoms with Gasteiger partial charge >= 0.3 is 19.8 Å². The van der Waals surface area contributed by atoms with Gasteiger partial charge in [-0.05, 0) is 44.6 Å². The number of allylic oxidation sites excluding steroid dienone is 8. The van der Waals surface area contributed by atoms with Crippen molar-refractivity contribution in [2.24, 2.45) is 0 Å². The largest absolute Gasteiger partial charge is 0.469 e. The van der Waals surface area contributed by atoms with E-state index in [0.717, 1.165) is 38.5 Å². The summed E-state index contributed by atoms with van der Waals surface area (Å²) in [5, 5.41) is 0. The number of hydrogen-bond donors (Lipinski definition) is 2. The van der Waals surface area contributed by atoms with Crippen LogP contribution in [-0.2, 0) is 32.9 Å². The number of carbonyl (C=O) groups excluding carboxylic acids is 3. The molecule has 0 heterocycles. The molecule has 0 aromatic heterocycles. The first-order valence-electron chi connectivity index (χ1n) is 20.9. The second-order valence-corrected chi connectivity index (χ2v) is 15.2. The lowest BCUT2D eigenvalue weighted by atomic mass is 10.0. The molecule has 0 radical (unpaired) electrons. The van der Waals surface area contributed by atoms with Gasteiger partial charge in [0.2, 0.25) is 0 Å². The highest BCUT2D eigenvalue weighted by molar-refractivity contribution is 7.46. The van der Waals surface area contributed by atoms with Crippen LogP contribution in [0.25, 0.3) is 0 Å². The number of hydrogen-bond acceptors (Lipinski definition) is 7. The monoisotopic (exact) mass is 767 g/mol. The van der Waals surface area contributed by atoms with Crippen LogP contribution in [0.4, 0.5) is 0 Å². The van der Waals surface area contributed by atoms with E-state index in [1.165, 1.54) is 109 Å². The normalized spacial score (nSPS) is 12.8. The van der Waals surface area contributed by atoms with Crippen LogP contribution in [0.15, 0.2) is 48.6 Å². The molecule has 1 atom stereocenters. The van der Waals surface area contributed by atoms with E-state index >= 15 is 0 Å². The first kappa shape index (κ1) is 50.7. The smallest absolute Gasteiger partial charge is 0.462 e. The average molecular weight is 767 g/mol. The van der Waals surface area contributed by atoms with Crippen LogP contribution in [0.3, 0.4) is 0 Å². The second-order valence-electron chi connectivity index (χ2n) is 14.0. The predicted molar refractivity (Wildman–Crippen MR) is 216 cm³/mol. The lowest BCUT2D eigenvalue weighted by Gasteiger charge is -2.18. The van der Waals surface area contributed by atoms with Crippen molar-refractivity contribution in [3.63, 3.8) is 0 Å². The number of esters is 2. The van der Waals surface area contributed by atoms with Crippen molar-refractivity contribution in [2.75, 3.05) is 13.2 Å². The van der Waals surface area contributed by atoms with Crippen molar-refractivity contribution in [1.82, 2.24) is 0 Å². The Morgan fingerprint density at radius 1 is 0.547 bits per heavy atom. The van der Waals surface area contributed by atoms with E-state index in [1.54, 1.807) is 6.08 Å². The molecule has 0 fully saturated rings. The molecule has 0 aliphatic heterocycles. The first-order valence-corrected chi connectivity index (χ1v) is 22.4. The Labute approximate surface area is 322 Å². The molecule has 9 nitrogen and oxygen atoms in total. The standard InChI is InChI=1S/C43H75O9P/c1-3-5-7-9-11-13-15-17-18-19-20-22-24-26-28-30-32-36-42(45)50-38-41(39-51-53(47,48)49)52-43(46)37-33-35-40(44)34-31-29-27-25-23-21-16-14-12-10-8-6-4-2/h12,14,21,23,27,29,31,34,41H,3-11,13,15-20,22,24-26,28,30,32-33,35-39H2,1-2H3,(H2,47,48,49)/b14-12-,23-21-,29-27-,34-31+/t41-/m1/s1. The van der Waals surface area contributed by atoms with Crippen LogP contribution >= 0.6 is 7.82 Å². The van der Waals surface area contributed by atoms with Crippen LogP contribution in [-0.4, -0.2) is 46.8 Å². The molecule has 2 N–H and O–H groups in total. The van der Waals surface area contributed by atoms with Crippen LogP contribution in [0, 0.1) is 0 Å². The molecule has 0 aliphatic rings. The third-order valence-corrected chi connectivity index (χ3v) is 9.31. The minimum absolute atomic E-state index is 0.0765. The van der Waals surface area contributed by atoms with Gasteiger partial charge in [-0.15, -0.1) is 0 Å². The molecule has 10 heteroatoms. The van der Waals surface area contributed by atoms with E-state index < -0.39 is 32.5 Å². The van der Waals surface area contributed by atoms with Crippen molar-refractivity contribution in [1.29, 1.82) is 0 Å². The first-order chi connectivity index (χ1) is 25.7. The molecule has 0 aromatic rings. The summed E-state index contributed by atoms with van der Waals surface area (Å²) in [5.41, 5.74) is 0. The lowest BCUT2D eigenvalue weighted by molar-refractivity contribution is -0.161. The maximum atomic E-state index is 12.4. The molecule has 0 bridgehead atoms. The van der Waals surface area contributed by atoms with Crippen molar-refractivity contribution >= 4 is 25.5 Å². The topological polar surface area (TPSA) is 136 Å². The van der Waals surface area contributed by atoms with Crippen LogP contribution in [0.2, 0.25) is 0 Å². The highest BCUT2D eigenvalue weighted by Gasteiger charge is 2.23. The Balaban J connectivity index is 4.10. The van der Waals surface area contributed by atoms with Gasteiger partial charge < -0.3 is 19.3 Å². The molecule has 0 spiro atoms. The van der Waals surface area contributed by atoms with E-state index in [-0.39, 0.29) is 38.1 Å². The summed E-state index contributed by atoms with van der Waals surface area (Å²) in [4.78, 5) is 54.9. The van der Waals surface area contributed by atoms with Crippen LogP contribution in [0.1, 0.15) is 187 Å². The Kier molecular flexibility index (Phi) is 36.3. The zero-order chi connectivity index (χ0) is 39.1. The molecule has 0 unspecified atom stereocenters. The summed E-state index contributed by atoms with van der Waals surface area (Å²) in [6, 6.07) is 0. The van der Waals surface area contributed by atoms with Crippen LogP contribution in [0.5, 0.6) is 0 Å². The average Bonchev–Trinajstić information content (AvgIpc) is 3.12. The highest BCUT2D eigenvalue weighted by atomic mass is 31.2. The summed E-state index contributed by atoms with van der Waals surface area (Å²) in [6.07, 6.45) is 42.6.